The van der Waals surface area contributed by atoms with Gasteiger partial charge in [0.2, 0.25) is 0 Å². The minimum atomic E-state index is -1.91. The molecule has 0 amide bonds. The van der Waals surface area contributed by atoms with Crippen molar-refractivity contribution in [1.82, 2.24) is 13.5 Å². The first kappa shape index (κ1) is 18.6. The van der Waals surface area contributed by atoms with Gasteiger partial charge in [0, 0.05) is 15.7 Å². The van der Waals surface area contributed by atoms with Crippen molar-refractivity contribution in [2.75, 3.05) is 0 Å². The zero-order valence-corrected chi connectivity index (χ0v) is 15.5. The van der Waals surface area contributed by atoms with Gasteiger partial charge in [-0.3, -0.25) is 0 Å². The molecule has 8 heteroatoms. The van der Waals surface area contributed by atoms with E-state index < -0.39 is 6.49 Å². The van der Waals surface area contributed by atoms with Crippen molar-refractivity contribution in [2.45, 2.75) is 57.3 Å². The third-order valence-electron chi connectivity index (χ3n) is 1.25. The molecule has 0 aliphatic carbocycles. The third-order valence-corrected chi connectivity index (χ3v) is 9.03. The summed E-state index contributed by atoms with van der Waals surface area (Å²) in [6, 6.07) is 0. The Hall–Kier alpha value is 1.58. The van der Waals surface area contributed by atoms with Crippen LogP contribution in [0.1, 0.15) is 41.5 Å². The topological polar surface area (TPSA) is 36.1 Å². The fourth-order valence-corrected chi connectivity index (χ4v) is 7.52. The number of hydrogen-bond acceptors (Lipinski definition) is 4. The number of rotatable bonds is 9. The molecule has 3 N–H and O–H groups in total. The molecular formula is C9H24N3PS4. The van der Waals surface area contributed by atoms with Crippen LogP contribution < -0.4 is 13.5 Å². The predicted octanol–water partition coefficient (Wildman–Crippen LogP) is 4.15. The van der Waals surface area contributed by atoms with E-state index in [1.54, 1.807) is 35.8 Å². The molecule has 0 aliphatic heterocycles. The van der Waals surface area contributed by atoms with Gasteiger partial charge in [-0.1, -0.05) is 77.4 Å². The Bertz CT molecular complexity index is 210. The standard InChI is InChI=1S/C9H24N3PS4/c1-7(2)15-10-13(14,11-16-8(3)4)12-17-9(5)6/h7-9H,1-6H3,(H3,10,11,12,14). The lowest BCUT2D eigenvalue weighted by molar-refractivity contribution is 1.10. The van der Waals surface area contributed by atoms with E-state index in [4.69, 9.17) is 11.8 Å². The van der Waals surface area contributed by atoms with Crippen molar-refractivity contribution in [3.05, 3.63) is 0 Å². The van der Waals surface area contributed by atoms with E-state index >= 15 is 0 Å². The Morgan fingerprint density at radius 2 is 0.941 bits per heavy atom. The van der Waals surface area contributed by atoms with Gasteiger partial charge in [0.15, 0.2) is 6.49 Å². The van der Waals surface area contributed by atoms with Crippen LogP contribution in [-0.4, -0.2) is 15.7 Å². The second-order valence-electron chi connectivity index (χ2n) is 4.38. The Morgan fingerprint density at radius 3 is 1.12 bits per heavy atom. The first-order valence-electron chi connectivity index (χ1n) is 5.64. The smallest absolute Gasteiger partial charge is 0.166 e. The van der Waals surface area contributed by atoms with Crippen molar-refractivity contribution in [3.63, 3.8) is 0 Å². The zero-order valence-electron chi connectivity index (χ0n) is 11.3. The van der Waals surface area contributed by atoms with E-state index in [1.807, 2.05) is 0 Å². The molecule has 0 spiro atoms. The van der Waals surface area contributed by atoms with Crippen LogP contribution in [-0.2, 0) is 11.8 Å². The Kier molecular flexibility index (Phi) is 10.4. The van der Waals surface area contributed by atoms with Gasteiger partial charge in [-0.05, 0) is 11.8 Å². The van der Waals surface area contributed by atoms with E-state index in [2.05, 4.69) is 55.0 Å². The molecule has 0 bridgehead atoms. The van der Waals surface area contributed by atoms with E-state index in [0.29, 0.717) is 15.7 Å². The molecular weight excluding hydrogens is 309 g/mol. The highest BCUT2D eigenvalue weighted by atomic mass is 32.5. The minimum absolute atomic E-state index is 0.522. The Morgan fingerprint density at radius 1 is 0.706 bits per heavy atom. The first-order chi connectivity index (χ1) is 7.75. The van der Waals surface area contributed by atoms with E-state index in [9.17, 15) is 0 Å². The minimum Gasteiger partial charge on any atom is -0.209 e. The zero-order chi connectivity index (χ0) is 13.5. The lowest BCUT2D eigenvalue weighted by Gasteiger charge is -2.26. The largest absolute Gasteiger partial charge is 0.209 e. The molecule has 0 aromatic carbocycles. The van der Waals surface area contributed by atoms with Crippen LogP contribution in [0.4, 0.5) is 0 Å². The summed E-state index contributed by atoms with van der Waals surface area (Å²) >= 11 is 10.7. The van der Waals surface area contributed by atoms with Gasteiger partial charge < -0.3 is 0 Å². The number of nitrogens with one attached hydrogen (secondary N) is 3. The highest BCUT2D eigenvalue weighted by Gasteiger charge is 2.18. The third kappa shape index (κ3) is 11.1. The second kappa shape index (κ2) is 9.48. The average Bonchev–Trinajstić information content (AvgIpc) is 2.21. The van der Waals surface area contributed by atoms with Gasteiger partial charge in [0.25, 0.3) is 0 Å². The normalized spacial score (nSPS) is 13.0. The molecule has 0 heterocycles. The maximum absolute atomic E-state index is 5.67. The molecule has 104 valence electrons. The first-order valence-corrected chi connectivity index (χ1v) is 11.1. The van der Waals surface area contributed by atoms with Gasteiger partial charge >= 0.3 is 0 Å². The summed E-state index contributed by atoms with van der Waals surface area (Å²) in [6.07, 6.45) is 0. The highest BCUT2D eigenvalue weighted by molar-refractivity contribution is 8.25. The molecule has 0 unspecified atom stereocenters. The average molecular weight is 334 g/mol. The summed E-state index contributed by atoms with van der Waals surface area (Å²) < 4.78 is 10.2. The van der Waals surface area contributed by atoms with E-state index in [1.165, 1.54) is 0 Å². The van der Waals surface area contributed by atoms with Gasteiger partial charge in [-0.25, -0.2) is 13.5 Å². The lowest BCUT2D eigenvalue weighted by Crippen LogP contribution is -2.24. The van der Waals surface area contributed by atoms with E-state index in [0.717, 1.165) is 0 Å². The van der Waals surface area contributed by atoms with Crippen molar-refractivity contribution in [2.24, 2.45) is 0 Å². The molecule has 3 nitrogen and oxygen atoms in total. The van der Waals surface area contributed by atoms with Crippen molar-refractivity contribution in [3.8, 4) is 0 Å². The van der Waals surface area contributed by atoms with Crippen LogP contribution in [0.3, 0.4) is 0 Å². The predicted molar refractivity (Wildman–Crippen MR) is 91.9 cm³/mol. The molecule has 0 atom stereocenters. The maximum atomic E-state index is 5.67. The SMILES string of the molecule is CC(C)SNP(=S)(NSC(C)C)NSC(C)C. The van der Waals surface area contributed by atoms with Crippen LogP contribution in [0.2, 0.25) is 0 Å². The van der Waals surface area contributed by atoms with Crippen molar-refractivity contribution < 1.29 is 0 Å². The Balaban J connectivity index is 4.29. The summed E-state index contributed by atoms with van der Waals surface area (Å²) in [5.74, 6) is 0. The fraction of sp³-hybridized carbons (Fsp3) is 1.00. The molecule has 0 radical (unpaired) electrons. The van der Waals surface area contributed by atoms with Crippen molar-refractivity contribution in [1.29, 1.82) is 0 Å². The second-order valence-corrected chi connectivity index (χ2v) is 13.0. The van der Waals surface area contributed by atoms with Crippen LogP contribution in [0.25, 0.3) is 0 Å². The Labute approximate surface area is 124 Å². The molecule has 17 heavy (non-hydrogen) atoms. The van der Waals surface area contributed by atoms with Gasteiger partial charge in [0.1, 0.15) is 0 Å². The molecule has 0 rings (SSSR count). The summed E-state index contributed by atoms with van der Waals surface area (Å²) in [5, 5.41) is 1.57. The molecule has 0 aromatic heterocycles. The van der Waals surface area contributed by atoms with Gasteiger partial charge in [-0.15, -0.1) is 0 Å². The molecule has 0 fully saturated rings. The number of hydrogen-bond donors (Lipinski definition) is 3. The molecule has 0 saturated carbocycles. The summed E-state index contributed by atoms with van der Waals surface area (Å²) in [6.45, 7) is 11.0. The molecule has 0 aliphatic rings. The van der Waals surface area contributed by atoms with Crippen LogP contribution in [0, 0.1) is 0 Å². The van der Waals surface area contributed by atoms with Crippen LogP contribution >= 0.6 is 42.3 Å². The van der Waals surface area contributed by atoms with E-state index in [-0.39, 0.29) is 0 Å². The fourth-order valence-electron chi connectivity index (χ4n) is 0.595. The van der Waals surface area contributed by atoms with Crippen LogP contribution in [0.15, 0.2) is 0 Å². The quantitative estimate of drug-likeness (QED) is 0.432. The maximum Gasteiger partial charge on any atom is 0.166 e. The molecule has 0 aromatic rings. The highest BCUT2D eigenvalue weighted by Crippen LogP contribution is 2.41. The van der Waals surface area contributed by atoms with Crippen LogP contribution in [0.5, 0.6) is 0 Å². The summed E-state index contributed by atoms with van der Waals surface area (Å²) in [5.41, 5.74) is 0. The summed E-state index contributed by atoms with van der Waals surface area (Å²) in [4.78, 5) is 0. The van der Waals surface area contributed by atoms with Crippen molar-refractivity contribution >= 4 is 54.1 Å². The van der Waals surface area contributed by atoms with Gasteiger partial charge in [-0.2, -0.15) is 0 Å². The summed E-state index contributed by atoms with van der Waals surface area (Å²) in [7, 11) is 0. The lowest BCUT2D eigenvalue weighted by atomic mass is 10.6. The van der Waals surface area contributed by atoms with Gasteiger partial charge in [0.05, 0.1) is 0 Å². The monoisotopic (exact) mass is 333 g/mol. The molecule has 0 saturated heterocycles.